The van der Waals surface area contributed by atoms with Crippen molar-refractivity contribution in [3.05, 3.63) is 33.5 Å². The summed E-state index contributed by atoms with van der Waals surface area (Å²) in [6, 6.07) is 0. The predicted octanol–water partition coefficient (Wildman–Crippen LogP) is 3.99. The first-order valence-corrected chi connectivity index (χ1v) is 5.29. The SMILES string of the molecule is CCC1=CCCC=C1/C=C\I. The summed E-state index contributed by atoms with van der Waals surface area (Å²) < 4.78 is 2.08. The molecule has 0 aromatic rings. The summed E-state index contributed by atoms with van der Waals surface area (Å²) in [6.45, 7) is 2.21. The monoisotopic (exact) mass is 260 g/mol. The lowest BCUT2D eigenvalue weighted by molar-refractivity contribution is 0.966. The van der Waals surface area contributed by atoms with E-state index in [1.54, 1.807) is 0 Å². The van der Waals surface area contributed by atoms with Gasteiger partial charge in [-0.3, -0.25) is 0 Å². The topological polar surface area (TPSA) is 0 Å². The maximum Gasteiger partial charge on any atom is -0.0228 e. The van der Waals surface area contributed by atoms with Gasteiger partial charge in [-0.1, -0.05) is 41.7 Å². The van der Waals surface area contributed by atoms with Crippen LogP contribution in [0.4, 0.5) is 0 Å². The number of halogens is 1. The molecule has 0 N–H and O–H groups in total. The molecule has 0 radical (unpaired) electrons. The van der Waals surface area contributed by atoms with E-state index in [9.17, 15) is 0 Å². The van der Waals surface area contributed by atoms with Crippen LogP contribution in [0.5, 0.6) is 0 Å². The van der Waals surface area contributed by atoms with Gasteiger partial charge in [-0.15, -0.1) is 0 Å². The molecule has 1 aliphatic carbocycles. The molecule has 1 heteroatoms. The van der Waals surface area contributed by atoms with E-state index in [0.717, 1.165) is 6.42 Å². The molecule has 0 unspecified atom stereocenters. The average Bonchev–Trinajstić information content (AvgIpc) is 2.06. The lowest BCUT2D eigenvalue weighted by atomic mass is 9.96. The minimum atomic E-state index is 1.16. The zero-order valence-corrected chi connectivity index (χ0v) is 8.97. The van der Waals surface area contributed by atoms with Crippen LogP contribution in [0.25, 0.3) is 0 Å². The predicted molar refractivity (Wildman–Crippen MR) is 58.9 cm³/mol. The van der Waals surface area contributed by atoms with Crippen molar-refractivity contribution in [3.8, 4) is 0 Å². The van der Waals surface area contributed by atoms with Crippen molar-refractivity contribution in [1.29, 1.82) is 0 Å². The summed E-state index contributed by atoms with van der Waals surface area (Å²) in [7, 11) is 0. The molecule has 0 bridgehead atoms. The Morgan fingerprint density at radius 2 is 2.18 bits per heavy atom. The van der Waals surface area contributed by atoms with Gasteiger partial charge in [0.25, 0.3) is 0 Å². The zero-order chi connectivity index (χ0) is 8.10. The Hall–Kier alpha value is -0.0500. The Balaban J connectivity index is 2.75. The van der Waals surface area contributed by atoms with E-state index in [0.29, 0.717) is 0 Å². The number of hydrogen-bond acceptors (Lipinski definition) is 0. The van der Waals surface area contributed by atoms with Crippen LogP contribution in [-0.2, 0) is 0 Å². The summed E-state index contributed by atoms with van der Waals surface area (Å²) in [5.74, 6) is 0. The summed E-state index contributed by atoms with van der Waals surface area (Å²) in [6.07, 6.45) is 10.5. The highest BCUT2D eigenvalue weighted by atomic mass is 127. The van der Waals surface area contributed by atoms with Gasteiger partial charge in [0.05, 0.1) is 0 Å². The van der Waals surface area contributed by atoms with Gasteiger partial charge in [-0.05, 0) is 40.6 Å². The third kappa shape index (κ3) is 2.47. The van der Waals surface area contributed by atoms with E-state index in [2.05, 4.69) is 51.8 Å². The van der Waals surface area contributed by atoms with Crippen molar-refractivity contribution in [1.82, 2.24) is 0 Å². The van der Waals surface area contributed by atoms with Gasteiger partial charge in [0.2, 0.25) is 0 Å². The molecule has 0 amide bonds. The first-order chi connectivity index (χ1) is 5.38. The highest BCUT2D eigenvalue weighted by molar-refractivity contribution is 14.1. The van der Waals surface area contributed by atoms with Gasteiger partial charge in [-0.25, -0.2) is 0 Å². The molecule has 11 heavy (non-hydrogen) atoms. The molecule has 1 rings (SSSR count). The van der Waals surface area contributed by atoms with Crippen molar-refractivity contribution in [2.24, 2.45) is 0 Å². The molecule has 1 aliphatic rings. The maximum absolute atomic E-state index is 2.35. The summed E-state index contributed by atoms with van der Waals surface area (Å²) >= 11 is 2.27. The van der Waals surface area contributed by atoms with Crippen LogP contribution in [0.2, 0.25) is 0 Å². The lowest BCUT2D eigenvalue weighted by Gasteiger charge is -2.10. The Morgan fingerprint density at radius 3 is 2.82 bits per heavy atom. The Bertz CT molecular complexity index is 209. The first kappa shape index (κ1) is 9.04. The van der Waals surface area contributed by atoms with Crippen molar-refractivity contribution >= 4 is 22.6 Å². The Labute approximate surface area is 82.2 Å². The molecular formula is C10H13I. The minimum Gasteiger partial charge on any atom is -0.0804 e. The average molecular weight is 260 g/mol. The molecule has 0 nitrogen and oxygen atoms in total. The summed E-state index contributed by atoms with van der Waals surface area (Å²) in [5, 5.41) is 0. The van der Waals surface area contributed by atoms with Crippen molar-refractivity contribution in [2.75, 3.05) is 0 Å². The second-order valence-corrected chi connectivity index (χ2v) is 3.33. The van der Waals surface area contributed by atoms with Gasteiger partial charge in [0.1, 0.15) is 0 Å². The van der Waals surface area contributed by atoms with E-state index in [-0.39, 0.29) is 0 Å². The van der Waals surface area contributed by atoms with Crippen LogP contribution >= 0.6 is 22.6 Å². The van der Waals surface area contributed by atoms with Crippen LogP contribution in [0.1, 0.15) is 26.2 Å². The van der Waals surface area contributed by atoms with Gasteiger partial charge < -0.3 is 0 Å². The molecule has 0 aromatic carbocycles. The minimum absolute atomic E-state index is 1.16. The van der Waals surface area contributed by atoms with Crippen LogP contribution in [0.3, 0.4) is 0 Å². The molecule has 0 aliphatic heterocycles. The molecule has 0 atom stereocenters. The van der Waals surface area contributed by atoms with E-state index in [1.165, 1.54) is 24.0 Å². The van der Waals surface area contributed by atoms with E-state index < -0.39 is 0 Å². The number of allylic oxidation sites excluding steroid dienone is 5. The molecule has 0 saturated heterocycles. The second kappa shape index (κ2) is 4.75. The molecule has 0 fully saturated rings. The normalized spacial score (nSPS) is 18.4. The molecule has 0 spiro atoms. The van der Waals surface area contributed by atoms with Crippen LogP contribution in [-0.4, -0.2) is 0 Å². The Kier molecular flexibility index (Phi) is 3.91. The smallest absolute Gasteiger partial charge is 0.0228 e. The molecule has 0 aromatic heterocycles. The first-order valence-electron chi connectivity index (χ1n) is 4.04. The molecule has 0 saturated carbocycles. The molecular weight excluding hydrogens is 247 g/mol. The quantitative estimate of drug-likeness (QED) is 0.658. The van der Waals surface area contributed by atoms with Gasteiger partial charge in [0, 0.05) is 0 Å². The van der Waals surface area contributed by atoms with Crippen molar-refractivity contribution in [3.63, 3.8) is 0 Å². The van der Waals surface area contributed by atoms with Crippen LogP contribution < -0.4 is 0 Å². The largest absolute Gasteiger partial charge is 0.0804 e. The van der Waals surface area contributed by atoms with Crippen LogP contribution in [0.15, 0.2) is 33.5 Å². The fourth-order valence-corrected chi connectivity index (χ4v) is 1.72. The van der Waals surface area contributed by atoms with Gasteiger partial charge in [-0.2, -0.15) is 0 Å². The van der Waals surface area contributed by atoms with Gasteiger partial charge in [0.15, 0.2) is 0 Å². The standard InChI is InChI=1S/C10H13I/c1-2-9-5-3-4-6-10(9)7-8-11/h5-8H,2-4H2,1H3/b8-7-. The van der Waals surface area contributed by atoms with Crippen LogP contribution in [0, 0.1) is 0 Å². The van der Waals surface area contributed by atoms with Crippen molar-refractivity contribution < 1.29 is 0 Å². The highest BCUT2D eigenvalue weighted by Crippen LogP contribution is 2.22. The van der Waals surface area contributed by atoms with Gasteiger partial charge >= 0.3 is 0 Å². The lowest BCUT2D eigenvalue weighted by Crippen LogP contribution is -1.90. The number of hydrogen-bond donors (Lipinski definition) is 0. The molecule has 60 valence electrons. The fourth-order valence-electron chi connectivity index (χ4n) is 1.34. The summed E-state index contributed by atoms with van der Waals surface area (Å²) in [4.78, 5) is 0. The Morgan fingerprint density at radius 1 is 1.45 bits per heavy atom. The molecule has 0 heterocycles. The third-order valence-electron chi connectivity index (χ3n) is 1.92. The van der Waals surface area contributed by atoms with E-state index >= 15 is 0 Å². The fraction of sp³-hybridized carbons (Fsp3) is 0.400. The third-order valence-corrected chi connectivity index (χ3v) is 2.28. The van der Waals surface area contributed by atoms with E-state index in [1.807, 2.05) is 0 Å². The van der Waals surface area contributed by atoms with Crippen molar-refractivity contribution in [2.45, 2.75) is 26.2 Å². The maximum atomic E-state index is 2.35. The highest BCUT2D eigenvalue weighted by Gasteiger charge is 2.02. The summed E-state index contributed by atoms with van der Waals surface area (Å²) in [5.41, 5.74) is 2.93. The zero-order valence-electron chi connectivity index (χ0n) is 6.81. The second-order valence-electron chi connectivity index (χ2n) is 2.61. The number of rotatable bonds is 2. The van der Waals surface area contributed by atoms with E-state index in [4.69, 9.17) is 0 Å².